The third-order valence-corrected chi connectivity index (χ3v) is 4.62. The molecule has 2 aliphatic rings. The van der Waals surface area contributed by atoms with Crippen LogP contribution >= 0.6 is 0 Å². The molecular formula is C17H20FN3O3. The van der Waals surface area contributed by atoms with Gasteiger partial charge in [-0.25, -0.2) is 9.18 Å². The van der Waals surface area contributed by atoms with Gasteiger partial charge in [-0.2, -0.15) is 0 Å². The molecule has 7 heteroatoms. The van der Waals surface area contributed by atoms with Crippen molar-refractivity contribution in [1.29, 1.82) is 0 Å². The zero-order valence-electron chi connectivity index (χ0n) is 13.3. The highest BCUT2D eigenvalue weighted by Gasteiger charge is 2.51. The third-order valence-electron chi connectivity index (χ3n) is 4.62. The Morgan fingerprint density at radius 2 is 1.88 bits per heavy atom. The number of hydrogen-bond acceptors (Lipinski definition) is 3. The highest BCUT2D eigenvalue weighted by molar-refractivity contribution is 6.07. The minimum Gasteiger partial charge on any atom is -0.326 e. The number of nitrogens with zero attached hydrogens (tertiary/aromatic N) is 1. The second kappa shape index (κ2) is 6.59. The van der Waals surface area contributed by atoms with Gasteiger partial charge >= 0.3 is 6.03 Å². The zero-order valence-corrected chi connectivity index (χ0v) is 13.3. The van der Waals surface area contributed by atoms with E-state index in [0.29, 0.717) is 24.9 Å². The molecule has 0 radical (unpaired) electrons. The van der Waals surface area contributed by atoms with Crippen molar-refractivity contribution in [2.24, 2.45) is 0 Å². The molecule has 0 unspecified atom stereocenters. The van der Waals surface area contributed by atoms with Gasteiger partial charge in [0.1, 0.15) is 11.4 Å². The first-order valence-corrected chi connectivity index (χ1v) is 8.20. The maximum absolute atomic E-state index is 12.8. The van der Waals surface area contributed by atoms with Crippen molar-refractivity contribution in [3.05, 3.63) is 30.1 Å². The number of urea groups is 1. The average Bonchev–Trinajstić information content (AvgIpc) is 3.10. The topological polar surface area (TPSA) is 78.5 Å². The number of nitrogens with one attached hydrogen (secondary N) is 2. The van der Waals surface area contributed by atoms with Crippen molar-refractivity contribution in [3.8, 4) is 0 Å². The van der Waals surface area contributed by atoms with E-state index in [1.165, 1.54) is 29.2 Å². The van der Waals surface area contributed by atoms with Crippen LogP contribution in [0.2, 0.25) is 0 Å². The average molecular weight is 333 g/mol. The minimum atomic E-state index is -0.701. The quantitative estimate of drug-likeness (QED) is 0.812. The van der Waals surface area contributed by atoms with E-state index >= 15 is 0 Å². The maximum atomic E-state index is 12.8. The molecule has 1 heterocycles. The van der Waals surface area contributed by atoms with E-state index in [-0.39, 0.29) is 36.6 Å². The zero-order chi connectivity index (χ0) is 17.2. The van der Waals surface area contributed by atoms with E-state index in [9.17, 15) is 18.8 Å². The molecule has 1 aromatic carbocycles. The Bertz CT molecular complexity index is 654. The first-order valence-electron chi connectivity index (χ1n) is 8.20. The van der Waals surface area contributed by atoms with Crippen molar-refractivity contribution in [2.45, 2.75) is 44.1 Å². The van der Waals surface area contributed by atoms with Crippen LogP contribution in [0.3, 0.4) is 0 Å². The lowest BCUT2D eigenvalue weighted by Crippen LogP contribution is -2.44. The van der Waals surface area contributed by atoms with E-state index in [0.717, 1.165) is 12.8 Å². The summed E-state index contributed by atoms with van der Waals surface area (Å²) in [5.74, 6) is -0.763. The van der Waals surface area contributed by atoms with Crippen molar-refractivity contribution in [1.82, 2.24) is 10.2 Å². The molecule has 1 aliphatic carbocycles. The minimum absolute atomic E-state index is 0.163. The summed E-state index contributed by atoms with van der Waals surface area (Å²) >= 11 is 0. The smallest absolute Gasteiger partial charge is 0.325 e. The highest BCUT2D eigenvalue weighted by atomic mass is 19.1. The van der Waals surface area contributed by atoms with Crippen molar-refractivity contribution in [2.75, 3.05) is 11.9 Å². The summed E-state index contributed by atoms with van der Waals surface area (Å²) in [5.41, 5.74) is -0.186. The second-order valence-corrected chi connectivity index (χ2v) is 6.33. The number of amides is 4. The maximum Gasteiger partial charge on any atom is 0.325 e. The summed E-state index contributed by atoms with van der Waals surface area (Å²) < 4.78 is 12.8. The van der Waals surface area contributed by atoms with Gasteiger partial charge in [-0.15, -0.1) is 0 Å². The van der Waals surface area contributed by atoms with Crippen LogP contribution in [-0.4, -0.2) is 34.8 Å². The molecule has 0 bridgehead atoms. The van der Waals surface area contributed by atoms with Gasteiger partial charge < -0.3 is 10.6 Å². The molecule has 1 saturated heterocycles. The van der Waals surface area contributed by atoms with Gasteiger partial charge in [0.25, 0.3) is 5.91 Å². The van der Waals surface area contributed by atoms with E-state index < -0.39 is 5.54 Å². The Morgan fingerprint density at radius 1 is 1.21 bits per heavy atom. The molecule has 128 valence electrons. The summed E-state index contributed by atoms with van der Waals surface area (Å²) in [5, 5.41) is 5.47. The SMILES string of the molecule is O=C(CCCN1C(=O)NC2(CCCC2)C1=O)Nc1ccc(F)cc1. The van der Waals surface area contributed by atoms with E-state index in [1.54, 1.807) is 0 Å². The first kappa shape index (κ1) is 16.4. The molecule has 1 aliphatic heterocycles. The van der Waals surface area contributed by atoms with Crippen LogP contribution in [0.15, 0.2) is 24.3 Å². The van der Waals surface area contributed by atoms with Crippen LogP contribution in [0.1, 0.15) is 38.5 Å². The molecule has 0 aromatic heterocycles. The number of hydrogen-bond donors (Lipinski definition) is 2. The van der Waals surface area contributed by atoms with Crippen LogP contribution in [0.5, 0.6) is 0 Å². The molecule has 1 spiro atoms. The summed E-state index contributed by atoms with van der Waals surface area (Å²) in [6.45, 7) is 0.225. The summed E-state index contributed by atoms with van der Waals surface area (Å²) in [7, 11) is 0. The Labute approximate surface area is 139 Å². The number of rotatable bonds is 5. The fourth-order valence-corrected chi connectivity index (χ4v) is 3.35. The molecule has 4 amide bonds. The van der Waals surface area contributed by atoms with Crippen LogP contribution < -0.4 is 10.6 Å². The Morgan fingerprint density at radius 3 is 2.54 bits per heavy atom. The Balaban J connectivity index is 1.47. The number of imide groups is 1. The lowest BCUT2D eigenvalue weighted by Gasteiger charge is -2.19. The van der Waals surface area contributed by atoms with Gasteiger partial charge in [-0.05, 0) is 43.5 Å². The van der Waals surface area contributed by atoms with Crippen molar-refractivity contribution in [3.63, 3.8) is 0 Å². The van der Waals surface area contributed by atoms with Gasteiger partial charge in [0.05, 0.1) is 0 Å². The molecule has 2 N–H and O–H groups in total. The van der Waals surface area contributed by atoms with E-state index in [1.807, 2.05) is 0 Å². The Hall–Kier alpha value is -2.44. The number of carbonyl (C=O) groups excluding carboxylic acids is 3. The monoisotopic (exact) mass is 333 g/mol. The molecule has 24 heavy (non-hydrogen) atoms. The predicted molar refractivity (Wildman–Crippen MR) is 85.7 cm³/mol. The van der Waals surface area contributed by atoms with E-state index in [4.69, 9.17) is 0 Å². The summed E-state index contributed by atoms with van der Waals surface area (Å²) in [4.78, 5) is 37.5. The summed E-state index contributed by atoms with van der Waals surface area (Å²) in [6, 6.07) is 5.14. The van der Waals surface area contributed by atoms with Gasteiger partial charge in [0, 0.05) is 18.7 Å². The lowest BCUT2D eigenvalue weighted by molar-refractivity contribution is -0.131. The summed E-state index contributed by atoms with van der Waals surface area (Å²) in [6.07, 6.45) is 3.85. The number of benzene rings is 1. The standard InChI is InChI=1S/C17H20FN3O3/c18-12-5-7-13(8-6-12)19-14(22)4-3-11-21-15(23)17(20-16(21)24)9-1-2-10-17/h5-8H,1-4,9-11H2,(H,19,22)(H,20,24). The first-order chi connectivity index (χ1) is 11.5. The normalized spacial score (nSPS) is 19.0. The van der Waals surface area contributed by atoms with Gasteiger partial charge in [0.15, 0.2) is 0 Å². The molecule has 2 fully saturated rings. The fourth-order valence-electron chi connectivity index (χ4n) is 3.35. The molecule has 1 saturated carbocycles. The van der Waals surface area contributed by atoms with Crippen molar-refractivity contribution < 1.29 is 18.8 Å². The largest absolute Gasteiger partial charge is 0.326 e. The number of anilines is 1. The number of carbonyl (C=O) groups is 3. The lowest BCUT2D eigenvalue weighted by atomic mass is 9.98. The Kier molecular flexibility index (Phi) is 4.51. The molecule has 6 nitrogen and oxygen atoms in total. The fraction of sp³-hybridized carbons (Fsp3) is 0.471. The van der Waals surface area contributed by atoms with Crippen LogP contribution in [0.4, 0.5) is 14.9 Å². The van der Waals surface area contributed by atoms with Crippen molar-refractivity contribution >= 4 is 23.5 Å². The van der Waals surface area contributed by atoms with Gasteiger partial charge in [-0.1, -0.05) is 12.8 Å². The number of halogens is 1. The molecule has 3 rings (SSSR count). The second-order valence-electron chi connectivity index (χ2n) is 6.33. The third kappa shape index (κ3) is 3.25. The molecule has 0 atom stereocenters. The van der Waals surface area contributed by atoms with Gasteiger partial charge in [-0.3, -0.25) is 14.5 Å². The predicted octanol–water partition coefficient (Wildman–Crippen LogP) is 2.41. The molecular weight excluding hydrogens is 313 g/mol. The molecule has 1 aromatic rings. The van der Waals surface area contributed by atoms with Crippen LogP contribution in [-0.2, 0) is 9.59 Å². The highest BCUT2D eigenvalue weighted by Crippen LogP contribution is 2.35. The van der Waals surface area contributed by atoms with E-state index in [2.05, 4.69) is 10.6 Å². The van der Waals surface area contributed by atoms with Crippen LogP contribution in [0.25, 0.3) is 0 Å². The van der Waals surface area contributed by atoms with Crippen LogP contribution in [0, 0.1) is 5.82 Å². The van der Waals surface area contributed by atoms with Gasteiger partial charge in [0.2, 0.25) is 5.91 Å².